The molecule has 19 heavy (non-hydrogen) atoms. The Hall–Kier alpha value is -0.960. The number of hydrogen-bond acceptors (Lipinski definition) is 5. The average Bonchev–Trinajstić information content (AvgIpc) is 2.78. The molecule has 2 rings (SSSR count). The zero-order chi connectivity index (χ0) is 13.7. The molecule has 0 atom stereocenters. The quantitative estimate of drug-likeness (QED) is 0.822. The minimum Gasteiger partial charge on any atom is -0.301 e. The third-order valence-corrected chi connectivity index (χ3v) is 4.95. The predicted octanol–water partition coefficient (Wildman–Crippen LogP) is 1.70. The van der Waals surface area contributed by atoms with Crippen molar-refractivity contribution in [2.75, 3.05) is 39.3 Å². The van der Waals surface area contributed by atoms with Crippen LogP contribution in [0.2, 0.25) is 0 Å². The fourth-order valence-electron chi connectivity index (χ4n) is 2.41. The summed E-state index contributed by atoms with van der Waals surface area (Å²) in [5, 5.41) is 9.93. The van der Waals surface area contributed by atoms with E-state index in [1.54, 1.807) is 11.3 Å². The van der Waals surface area contributed by atoms with Crippen LogP contribution in [0.3, 0.4) is 0 Å². The number of piperazine rings is 1. The van der Waals surface area contributed by atoms with Crippen LogP contribution in [0.1, 0.15) is 22.5 Å². The predicted molar refractivity (Wildman–Crippen MR) is 78.4 cm³/mol. The SMILES string of the molecule is CCN1CCN(CCc2nc(C)c(CC#N)s2)CC1. The minimum atomic E-state index is 0.499. The lowest BCUT2D eigenvalue weighted by atomic mass is 10.3. The number of nitriles is 1. The number of aryl methyl sites for hydroxylation is 1. The third kappa shape index (κ3) is 4.00. The molecule has 4 nitrogen and oxygen atoms in total. The van der Waals surface area contributed by atoms with E-state index in [2.05, 4.69) is 27.8 Å². The Balaban J connectivity index is 1.80. The highest BCUT2D eigenvalue weighted by molar-refractivity contribution is 7.11. The normalized spacial score (nSPS) is 17.5. The summed E-state index contributed by atoms with van der Waals surface area (Å²) in [5.41, 5.74) is 1.04. The monoisotopic (exact) mass is 278 g/mol. The molecule has 2 heterocycles. The number of nitrogens with zero attached hydrogens (tertiary/aromatic N) is 4. The Morgan fingerprint density at radius 1 is 1.26 bits per heavy atom. The molecule has 0 aromatic carbocycles. The van der Waals surface area contributed by atoms with Gasteiger partial charge in [-0.3, -0.25) is 0 Å². The van der Waals surface area contributed by atoms with Crippen molar-refractivity contribution in [2.45, 2.75) is 26.7 Å². The van der Waals surface area contributed by atoms with Crippen LogP contribution in [0.5, 0.6) is 0 Å². The number of thiazole rings is 1. The first-order valence-corrected chi connectivity index (χ1v) is 7.81. The van der Waals surface area contributed by atoms with Gasteiger partial charge in [-0.15, -0.1) is 11.3 Å². The van der Waals surface area contributed by atoms with Crippen LogP contribution in [0.25, 0.3) is 0 Å². The number of likely N-dealkylation sites (N-methyl/N-ethyl adjacent to an activating group) is 1. The molecule has 0 unspecified atom stereocenters. The molecule has 1 aliphatic rings. The Kier molecular flexibility index (Phi) is 5.32. The molecule has 104 valence electrons. The molecule has 0 N–H and O–H groups in total. The van der Waals surface area contributed by atoms with E-state index in [-0.39, 0.29) is 0 Å². The summed E-state index contributed by atoms with van der Waals surface area (Å²) in [6.07, 6.45) is 1.52. The number of hydrogen-bond donors (Lipinski definition) is 0. The molecule has 1 aliphatic heterocycles. The molecule has 0 bridgehead atoms. The van der Waals surface area contributed by atoms with Crippen molar-refractivity contribution in [3.8, 4) is 6.07 Å². The summed E-state index contributed by atoms with van der Waals surface area (Å²) in [6, 6.07) is 2.21. The van der Waals surface area contributed by atoms with Crippen LogP contribution >= 0.6 is 11.3 Å². The standard InChI is InChI=1S/C14H22N4S/c1-3-17-8-10-18(11-9-17)7-5-14-16-12(2)13(19-14)4-6-15/h3-5,7-11H2,1-2H3. The second-order valence-electron chi connectivity index (χ2n) is 4.98. The maximum atomic E-state index is 8.75. The van der Waals surface area contributed by atoms with Crippen LogP contribution in [0, 0.1) is 18.3 Å². The van der Waals surface area contributed by atoms with Crippen molar-refractivity contribution in [1.82, 2.24) is 14.8 Å². The Labute approximate surface area is 119 Å². The second-order valence-corrected chi connectivity index (χ2v) is 6.15. The molecule has 0 spiro atoms. The van der Waals surface area contributed by atoms with Crippen molar-refractivity contribution < 1.29 is 0 Å². The van der Waals surface area contributed by atoms with Crippen molar-refractivity contribution >= 4 is 11.3 Å². The fourth-order valence-corrected chi connectivity index (χ4v) is 3.40. The Morgan fingerprint density at radius 3 is 2.58 bits per heavy atom. The lowest BCUT2D eigenvalue weighted by Crippen LogP contribution is -2.46. The van der Waals surface area contributed by atoms with Gasteiger partial charge in [0.1, 0.15) is 0 Å². The van der Waals surface area contributed by atoms with Crippen LogP contribution in [-0.4, -0.2) is 54.1 Å². The molecule has 5 heteroatoms. The van der Waals surface area contributed by atoms with E-state index in [1.807, 2.05) is 6.92 Å². The van der Waals surface area contributed by atoms with E-state index < -0.39 is 0 Å². The topological polar surface area (TPSA) is 43.2 Å². The second kappa shape index (κ2) is 6.99. The van der Waals surface area contributed by atoms with Crippen LogP contribution in [-0.2, 0) is 12.8 Å². The minimum absolute atomic E-state index is 0.499. The first kappa shape index (κ1) is 14.4. The van der Waals surface area contributed by atoms with Gasteiger partial charge in [-0.05, 0) is 13.5 Å². The lowest BCUT2D eigenvalue weighted by Gasteiger charge is -2.33. The lowest BCUT2D eigenvalue weighted by molar-refractivity contribution is 0.138. The van der Waals surface area contributed by atoms with Gasteiger partial charge in [-0.1, -0.05) is 6.92 Å². The molecule has 0 radical (unpaired) electrons. The average molecular weight is 278 g/mol. The van der Waals surface area contributed by atoms with Gasteiger partial charge in [0.05, 0.1) is 23.2 Å². The van der Waals surface area contributed by atoms with Crippen molar-refractivity contribution in [3.63, 3.8) is 0 Å². The summed E-state index contributed by atoms with van der Waals surface area (Å²) < 4.78 is 0. The van der Waals surface area contributed by atoms with Crippen LogP contribution in [0.4, 0.5) is 0 Å². The largest absolute Gasteiger partial charge is 0.301 e. The van der Waals surface area contributed by atoms with Gasteiger partial charge in [0, 0.05) is 44.0 Å². The van der Waals surface area contributed by atoms with Crippen LogP contribution < -0.4 is 0 Å². The van der Waals surface area contributed by atoms with Crippen molar-refractivity contribution in [3.05, 3.63) is 15.6 Å². The highest BCUT2D eigenvalue weighted by atomic mass is 32.1. The van der Waals surface area contributed by atoms with E-state index in [4.69, 9.17) is 5.26 Å². The summed E-state index contributed by atoms with van der Waals surface area (Å²) in [5.74, 6) is 0. The first-order chi connectivity index (χ1) is 9.22. The van der Waals surface area contributed by atoms with E-state index in [1.165, 1.54) is 31.2 Å². The molecular weight excluding hydrogens is 256 g/mol. The maximum absolute atomic E-state index is 8.75. The smallest absolute Gasteiger partial charge is 0.0944 e. The molecule has 0 saturated carbocycles. The fraction of sp³-hybridized carbons (Fsp3) is 0.714. The summed E-state index contributed by atoms with van der Waals surface area (Å²) >= 11 is 1.71. The number of rotatable bonds is 5. The zero-order valence-corrected chi connectivity index (χ0v) is 12.7. The summed E-state index contributed by atoms with van der Waals surface area (Å²) in [4.78, 5) is 10.7. The van der Waals surface area contributed by atoms with Gasteiger partial charge in [-0.25, -0.2) is 4.98 Å². The maximum Gasteiger partial charge on any atom is 0.0944 e. The Morgan fingerprint density at radius 2 is 1.95 bits per heavy atom. The number of aromatic nitrogens is 1. The molecule has 1 saturated heterocycles. The molecule has 1 aromatic rings. The summed E-state index contributed by atoms with van der Waals surface area (Å²) in [6.45, 7) is 11.2. The highest BCUT2D eigenvalue weighted by Gasteiger charge is 2.16. The van der Waals surface area contributed by atoms with Gasteiger partial charge in [0.25, 0.3) is 0 Å². The van der Waals surface area contributed by atoms with Crippen LogP contribution in [0.15, 0.2) is 0 Å². The van der Waals surface area contributed by atoms with Gasteiger partial charge >= 0.3 is 0 Å². The van der Waals surface area contributed by atoms with Gasteiger partial charge in [-0.2, -0.15) is 5.26 Å². The first-order valence-electron chi connectivity index (χ1n) is 6.99. The van der Waals surface area contributed by atoms with Gasteiger partial charge in [0.2, 0.25) is 0 Å². The molecule has 0 aliphatic carbocycles. The molecule has 1 fully saturated rings. The van der Waals surface area contributed by atoms with Crippen molar-refractivity contribution in [2.24, 2.45) is 0 Å². The van der Waals surface area contributed by atoms with E-state index in [0.717, 1.165) is 30.1 Å². The molecule has 0 amide bonds. The summed E-state index contributed by atoms with van der Waals surface area (Å²) in [7, 11) is 0. The van der Waals surface area contributed by atoms with E-state index >= 15 is 0 Å². The highest BCUT2D eigenvalue weighted by Crippen LogP contribution is 2.19. The van der Waals surface area contributed by atoms with E-state index in [9.17, 15) is 0 Å². The van der Waals surface area contributed by atoms with Gasteiger partial charge < -0.3 is 9.80 Å². The zero-order valence-electron chi connectivity index (χ0n) is 11.9. The Bertz CT molecular complexity index is 441. The van der Waals surface area contributed by atoms with Crippen molar-refractivity contribution in [1.29, 1.82) is 5.26 Å². The molecule has 1 aromatic heterocycles. The third-order valence-electron chi connectivity index (χ3n) is 3.73. The van der Waals surface area contributed by atoms with Gasteiger partial charge in [0.15, 0.2) is 0 Å². The van der Waals surface area contributed by atoms with E-state index in [0.29, 0.717) is 6.42 Å². The molecular formula is C14H22N4S.